The molecule has 8 heteroatoms. The number of halogens is 2. The van der Waals surface area contributed by atoms with E-state index in [0.717, 1.165) is 0 Å². The highest BCUT2D eigenvalue weighted by Gasteiger charge is 2.47. The summed E-state index contributed by atoms with van der Waals surface area (Å²) in [5.74, 6) is -0.961. The van der Waals surface area contributed by atoms with Gasteiger partial charge in [-0.1, -0.05) is 30.1 Å². The van der Waals surface area contributed by atoms with Crippen LogP contribution in [0.2, 0.25) is 10.0 Å². The molecule has 0 saturated carbocycles. The normalized spacial score (nSPS) is 23.4. The van der Waals surface area contributed by atoms with Gasteiger partial charge < -0.3 is 5.11 Å². The van der Waals surface area contributed by atoms with Gasteiger partial charge in [0.1, 0.15) is 0 Å². The molecule has 1 fully saturated rings. The van der Waals surface area contributed by atoms with Gasteiger partial charge >= 0.3 is 5.97 Å². The molecular formula is C13H15Cl2NO4S. The predicted molar refractivity (Wildman–Crippen MR) is 80.2 cm³/mol. The van der Waals surface area contributed by atoms with Crippen molar-refractivity contribution in [3.05, 3.63) is 28.2 Å². The minimum atomic E-state index is -3.77. The van der Waals surface area contributed by atoms with Crippen molar-refractivity contribution in [3.63, 3.8) is 0 Å². The van der Waals surface area contributed by atoms with Crippen molar-refractivity contribution < 1.29 is 18.3 Å². The van der Waals surface area contributed by atoms with Gasteiger partial charge in [-0.3, -0.25) is 4.79 Å². The second kappa shape index (κ2) is 5.76. The summed E-state index contributed by atoms with van der Waals surface area (Å²) in [5.41, 5.74) is -1.01. The third-order valence-electron chi connectivity index (χ3n) is 3.98. The van der Waals surface area contributed by atoms with E-state index >= 15 is 0 Å². The number of rotatable bonds is 4. The van der Waals surface area contributed by atoms with Gasteiger partial charge in [0, 0.05) is 13.1 Å². The zero-order chi connectivity index (χ0) is 15.8. The SMILES string of the molecule is CCC1(C(=O)O)CCN(S(=O)(=O)c2ccc(Cl)c(Cl)c2)C1. The van der Waals surface area contributed by atoms with E-state index in [2.05, 4.69) is 0 Å². The smallest absolute Gasteiger partial charge is 0.311 e. The minimum Gasteiger partial charge on any atom is -0.481 e. The quantitative estimate of drug-likeness (QED) is 0.904. The van der Waals surface area contributed by atoms with Gasteiger partial charge in [0.25, 0.3) is 0 Å². The van der Waals surface area contributed by atoms with E-state index in [-0.39, 0.29) is 28.0 Å². The topological polar surface area (TPSA) is 74.7 Å². The summed E-state index contributed by atoms with van der Waals surface area (Å²) < 4.78 is 26.3. The van der Waals surface area contributed by atoms with Crippen LogP contribution in [0, 0.1) is 5.41 Å². The first-order chi connectivity index (χ1) is 9.73. The number of hydrogen-bond acceptors (Lipinski definition) is 3. The molecule has 0 aliphatic carbocycles. The van der Waals surface area contributed by atoms with Crippen molar-refractivity contribution >= 4 is 39.2 Å². The first-order valence-corrected chi connectivity index (χ1v) is 8.61. The van der Waals surface area contributed by atoms with Crippen molar-refractivity contribution in [1.82, 2.24) is 4.31 Å². The van der Waals surface area contributed by atoms with Crippen LogP contribution < -0.4 is 0 Å². The maximum atomic E-state index is 12.6. The van der Waals surface area contributed by atoms with E-state index in [0.29, 0.717) is 12.8 Å². The van der Waals surface area contributed by atoms with Gasteiger partial charge in [0.05, 0.1) is 20.4 Å². The zero-order valence-electron chi connectivity index (χ0n) is 11.3. The van der Waals surface area contributed by atoms with E-state index in [1.807, 2.05) is 0 Å². The van der Waals surface area contributed by atoms with Crippen LogP contribution in [0.5, 0.6) is 0 Å². The van der Waals surface area contributed by atoms with Gasteiger partial charge in [0.2, 0.25) is 10.0 Å². The summed E-state index contributed by atoms with van der Waals surface area (Å²) >= 11 is 11.6. The van der Waals surface area contributed by atoms with Crippen molar-refractivity contribution in [2.45, 2.75) is 24.7 Å². The Labute approximate surface area is 133 Å². The van der Waals surface area contributed by atoms with E-state index in [1.165, 1.54) is 22.5 Å². The van der Waals surface area contributed by atoms with Crippen LogP contribution in [0.25, 0.3) is 0 Å². The molecule has 116 valence electrons. The van der Waals surface area contributed by atoms with Crippen LogP contribution in [0.4, 0.5) is 0 Å². The van der Waals surface area contributed by atoms with E-state index in [4.69, 9.17) is 23.2 Å². The molecule has 1 aliphatic heterocycles. The largest absolute Gasteiger partial charge is 0.481 e. The second-order valence-corrected chi connectivity index (χ2v) is 7.86. The second-order valence-electron chi connectivity index (χ2n) is 5.10. The summed E-state index contributed by atoms with van der Waals surface area (Å²) in [4.78, 5) is 11.4. The molecule has 2 rings (SSSR count). The molecule has 1 atom stereocenters. The highest BCUT2D eigenvalue weighted by atomic mass is 35.5. The summed E-state index contributed by atoms with van der Waals surface area (Å²) in [5, 5.41) is 9.76. The molecule has 1 aromatic carbocycles. The monoisotopic (exact) mass is 351 g/mol. The van der Waals surface area contributed by atoms with Crippen LogP contribution in [0.3, 0.4) is 0 Å². The molecule has 0 amide bonds. The van der Waals surface area contributed by atoms with Crippen LogP contribution in [0.15, 0.2) is 23.1 Å². The molecular weight excluding hydrogens is 337 g/mol. The molecule has 5 nitrogen and oxygen atoms in total. The first-order valence-electron chi connectivity index (χ1n) is 6.41. The maximum Gasteiger partial charge on any atom is 0.311 e. The molecule has 1 heterocycles. The number of sulfonamides is 1. The molecule has 21 heavy (non-hydrogen) atoms. The molecule has 1 unspecified atom stereocenters. The Morgan fingerprint density at radius 3 is 2.52 bits per heavy atom. The number of nitrogens with zero attached hydrogens (tertiary/aromatic N) is 1. The first kappa shape index (κ1) is 16.5. The number of carbonyl (C=O) groups is 1. The third kappa shape index (κ3) is 2.90. The summed E-state index contributed by atoms with van der Waals surface area (Å²) in [7, 11) is -3.77. The Morgan fingerprint density at radius 1 is 1.38 bits per heavy atom. The minimum absolute atomic E-state index is 0.0224. The highest BCUT2D eigenvalue weighted by Crippen LogP contribution is 2.37. The van der Waals surface area contributed by atoms with Crippen molar-refractivity contribution in [3.8, 4) is 0 Å². The molecule has 1 saturated heterocycles. The standard InChI is InChI=1S/C13H15Cl2NO4S/c1-2-13(12(17)18)5-6-16(8-13)21(19,20)9-3-4-10(14)11(15)7-9/h3-4,7H,2,5-6,8H2,1H3,(H,17,18). The Balaban J connectivity index is 2.33. The molecule has 0 aromatic heterocycles. The fourth-order valence-electron chi connectivity index (χ4n) is 2.44. The maximum absolute atomic E-state index is 12.6. The summed E-state index contributed by atoms with van der Waals surface area (Å²) in [6.45, 7) is 1.91. The van der Waals surface area contributed by atoms with Crippen LogP contribution in [-0.2, 0) is 14.8 Å². The number of benzene rings is 1. The van der Waals surface area contributed by atoms with E-state index < -0.39 is 21.4 Å². The number of aliphatic carboxylic acids is 1. The van der Waals surface area contributed by atoms with Gasteiger partial charge in [-0.2, -0.15) is 4.31 Å². The van der Waals surface area contributed by atoms with E-state index in [9.17, 15) is 18.3 Å². The Hall–Kier alpha value is -0.820. The summed E-state index contributed by atoms with van der Waals surface area (Å²) in [6, 6.07) is 4.07. The lowest BCUT2D eigenvalue weighted by atomic mass is 9.85. The van der Waals surface area contributed by atoms with Crippen molar-refractivity contribution in [2.75, 3.05) is 13.1 Å². The van der Waals surface area contributed by atoms with Gasteiger partial charge in [0.15, 0.2) is 0 Å². The Kier molecular flexibility index (Phi) is 4.54. The number of carboxylic acids is 1. The zero-order valence-corrected chi connectivity index (χ0v) is 13.7. The highest BCUT2D eigenvalue weighted by molar-refractivity contribution is 7.89. The molecule has 1 aliphatic rings. The van der Waals surface area contributed by atoms with E-state index in [1.54, 1.807) is 6.92 Å². The Morgan fingerprint density at radius 2 is 2.05 bits per heavy atom. The third-order valence-corrected chi connectivity index (χ3v) is 6.56. The van der Waals surface area contributed by atoms with Crippen LogP contribution >= 0.6 is 23.2 Å². The molecule has 0 radical (unpaired) electrons. The van der Waals surface area contributed by atoms with Crippen molar-refractivity contribution in [2.24, 2.45) is 5.41 Å². The van der Waals surface area contributed by atoms with Gasteiger partial charge in [-0.15, -0.1) is 0 Å². The molecule has 0 spiro atoms. The molecule has 1 aromatic rings. The lowest BCUT2D eigenvalue weighted by molar-refractivity contribution is -0.148. The molecule has 1 N–H and O–H groups in total. The average Bonchev–Trinajstić information content (AvgIpc) is 2.88. The average molecular weight is 352 g/mol. The number of carboxylic acid groups (broad SMARTS) is 1. The van der Waals surface area contributed by atoms with Crippen molar-refractivity contribution in [1.29, 1.82) is 0 Å². The number of hydrogen-bond donors (Lipinski definition) is 1. The lowest BCUT2D eigenvalue weighted by Crippen LogP contribution is -2.36. The predicted octanol–water partition coefficient (Wildman–Crippen LogP) is 2.87. The van der Waals surface area contributed by atoms with Crippen LogP contribution in [0.1, 0.15) is 19.8 Å². The van der Waals surface area contributed by atoms with Gasteiger partial charge in [-0.25, -0.2) is 8.42 Å². The lowest BCUT2D eigenvalue weighted by Gasteiger charge is -2.23. The Bertz CT molecular complexity index is 677. The summed E-state index contributed by atoms with van der Waals surface area (Å²) in [6.07, 6.45) is 0.690. The van der Waals surface area contributed by atoms with Gasteiger partial charge in [-0.05, 0) is 31.0 Å². The fraction of sp³-hybridized carbons (Fsp3) is 0.462. The fourth-order valence-corrected chi connectivity index (χ4v) is 4.36. The van der Waals surface area contributed by atoms with Crippen LogP contribution in [-0.4, -0.2) is 36.9 Å². The molecule has 0 bridgehead atoms.